The van der Waals surface area contributed by atoms with Gasteiger partial charge in [0.2, 0.25) is 5.89 Å². The molecule has 0 radical (unpaired) electrons. The van der Waals surface area contributed by atoms with Gasteiger partial charge in [-0.05, 0) is 25.1 Å². The Morgan fingerprint density at radius 3 is 2.55 bits per heavy atom. The summed E-state index contributed by atoms with van der Waals surface area (Å²) in [4.78, 5) is 5.60. The minimum Gasteiger partial charge on any atom is -0.486 e. The van der Waals surface area contributed by atoms with E-state index in [9.17, 15) is 0 Å². The number of thioether (sulfide) groups is 1. The quantitative estimate of drug-likeness (QED) is 0.797. The fraction of sp³-hybridized carbons (Fsp3) is 0.500. The summed E-state index contributed by atoms with van der Waals surface area (Å²) >= 11 is 1.66. The van der Waals surface area contributed by atoms with Crippen LogP contribution in [0.4, 0.5) is 0 Å². The molecule has 2 aromatic rings. The van der Waals surface area contributed by atoms with Crippen molar-refractivity contribution in [3.63, 3.8) is 0 Å². The molecular formula is C16H20N2O3S. The highest BCUT2D eigenvalue weighted by Gasteiger charge is 2.24. The maximum absolute atomic E-state index is 5.61. The predicted octanol–water partition coefficient (Wildman–Crippen LogP) is 3.99. The number of nitrogens with zero attached hydrogens (tertiary/aromatic N) is 2. The van der Waals surface area contributed by atoms with Crippen molar-refractivity contribution >= 4 is 11.8 Å². The topological polar surface area (TPSA) is 57.4 Å². The second-order valence-electron chi connectivity index (χ2n) is 6.27. The van der Waals surface area contributed by atoms with Crippen molar-refractivity contribution in [3.05, 3.63) is 29.9 Å². The van der Waals surface area contributed by atoms with Crippen LogP contribution in [0.5, 0.6) is 11.5 Å². The molecule has 0 spiro atoms. The number of hydrogen-bond acceptors (Lipinski definition) is 6. The summed E-state index contributed by atoms with van der Waals surface area (Å²) in [6.45, 7) is 9.46. The highest BCUT2D eigenvalue weighted by molar-refractivity contribution is 7.99. The van der Waals surface area contributed by atoms with Gasteiger partial charge in [0.1, 0.15) is 13.2 Å². The third-order valence-electron chi connectivity index (χ3n) is 3.29. The molecule has 3 rings (SSSR count). The second kappa shape index (κ2) is 5.83. The molecule has 1 aromatic heterocycles. The molecule has 2 heterocycles. The van der Waals surface area contributed by atoms with E-state index in [0.717, 1.165) is 22.2 Å². The SMILES string of the molecule is CC(Sc1ccc2c(c1)OCCO2)c1nc(C(C)(C)C)no1. The second-order valence-corrected chi connectivity index (χ2v) is 7.69. The van der Waals surface area contributed by atoms with Crippen molar-refractivity contribution in [1.29, 1.82) is 0 Å². The summed E-state index contributed by atoms with van der Waals surface area (Å²) in [5.74, 6) is 2.97. The summed E-state index contributed by atoms with van der Waals surface area (Å²) in [7, 11) is 0. The molecule has 118 valence electrons. The number of aromatic nitrogens is 2. The molecule has 0 bridgehead atoms. The monoisotopic (exact) mass is 320 g/mol. The van der Waals surface area contributed by atoms with Gasteiger partial charge >= 0.3 is 0 Å². The molecular weight excluding hydrogens is 300 g/mol. The van der Waals surface area contributed by atoms with Crippen LogP contribution in [0.3, 0.4) is 0 Å². The molecule has 6 heteroatoms. The Bertz CT molecular complexity index is 664. The van der Waals surface area contributed by atoms with Crippen molar-refractivity contribution in [3.8, 4) is 11.5 Å². The van der Waals surface area contributed by atoms with Gasteiger partial charge in [-0.1, -0.05) is 25.9 Å². The standard InChI is InChI=1S/C16H20N2O3S/c1-10(14-17-15(18-21-14)16(2,3)4)22-11-5-6-12-13(9-11)20-8-7-19-12/h5-6,9-10H,7-8H2,1-4H3. The van der Waals surface area contributed by atoms with Crippen molar-refractivity contribution in [2.75, 3.05) is 13.2 Å². The number of rotatable bonds is 3. The van der Waals surface area contributed by atoms with Crippen LogP contribution in [0, 0.1) is 0 Å². The Balaban J connectivity index is 1.74. The predicted molar refractivity (Wildman–Crippen MR) is 84.7 cm³/mol. The maximum Gasteiger partial charge on any atom is 0.239 e. The average Bonchev–Trinajstić information content (AvgIpc) is 2.97. The third-order valence-corrected chi connectivity index (χ3v) is 4.37. The fourth-order valence-electron chi connectivity index (χ4n) is 2.06. The minimum atomic E-state index is -0.108. The van der Waals surface area contributed by atoms with Crippen LogP contribution in [0.25, 0.3) is 0 Å². The Kier molecular flexibility index (Phi) is 4.04. The Morgan fingerprint density at radius 2 is 1.86 bits per heavy atom. The number of benzene rings is 1. The van der Waals surface area contributed by atoms with Crippen LogP contribution in [-0.4, -0.2) is 23.4 Å². The zero-order valence-corrected chi connectivity index (χ0v) is 14.1. The van der Waals surface area contributed by atoms with E-state index >= 15 is 0 Å². The van der Waals surface area contributed by atoms with Gasteiger partial charge in [-0.3, -0.25) is 0 Å². The summed E-state index contributed by atoms with van der Waals surface area (Å²) in [6.07, 6.45) is 0. The lowest BCUT2D eigenvalue weighted by atomic mass is 9.96. The molecule has 0 N–H and O–H groups in total. The number of fused-ring (bicyclic) bond motifs is 1. The van der Waals surface area contributed by atoms with Gasteiger partial charge in [0.25, 0.3) is 0 Å². The first-order chi connectivity index (χ1) is 10.4. The van der Waals surface area contributed by atoms with Gasteiger partial charge < -0.3 is 14.0 Å². The van der Waals surface area contributed by atoms with Crippen molar-refractivity contribution in [1.82, 2.24) is 10.1 Å². The molecule has 1 aliphatic heterocycles. The third kappa shape index (κ3) is 3.21. The highest BCUT2D eigenvalue weighted by atomic mass is 32.2. The number of hydrogen-bond donors (Lipinski definition) is 0. The van der Waals surface area contributed by atoms with Crippen LogP contribution >= 0.6 is 11.8 Å². The molecule has 1 atom stereocenters. The normalized spacial score (nSPS) is 15.6. The van der Waals surface area contributed by atoms with Crippen LogP contribution in [-0.2, 0) is 5.41 Å². The number of ether oxygens (including phenoxy) is 2. The molecule has 0 saturated carbocycles. The molecule has 1 unspecified atom stereocenters. The molecule has 22 heavy (non-hydrogen) atoms. The van der Waals surface area contributed by atoms with Crippen LogP contribution in [0.1, 0.15) is 44.7 Å². The zero-order chi connectivity index (χ0) is 15.7. The summed E-state index contributed by atoms with van der Waals surface area (Å²) < 4.78 is 16.5. The van der Waals surface area contributed by atoms with E-state index in [1.165, 1.54) is 0 Å². The Labute approximate surface area is 134 Å². The van der Waals surface area contributed by atoms with Gasteiger partial charge in [0.15, 0.2) is 17.3 Å². The molecule has 0 aliphatic carbocycles. The minimum absolute atomic E-state index is 0.0751. The van der Waals surface area contributed by atoms with Crippen LogP contribution in [0.2, 0.25) is 0 Å². The summed E-state index contributed by atoms with van der Waals surface area (Å²) in [6, 6.07) is 5.96. The first-order valence-electron chi connectivity index (χ1n) is 7.34. The van der Waals surface area contributed by atoms with E-state index in [1.807, 2.05) is 18.2 Å². The van der Waals surface area contributed by atoms with E-state index in [0.29, 0.717) is 19.1 Å². The van der Waals surface area contributed by atoms with E-state index in [-0.39, 0.29) is 10.7 Å². The largest absolute Gasteiger partial charge is 0.486 e. The first-order valence-corrected chi connectivity index (χ1v) is 8.22. The lowest BCUT2D eigenvalue weighted by Gasteiger charge is -2.19. The fourth-order valence-corrected chi connectivity index (χ4v) is 2.98. The van der Waals surface area contributed by atoms with Crippen LogP contribution < -0.4 is 9.47 Å². The maximum atomic E-state index is 5.61. The molecule has 0 saturated heterocycles. The van der Waals surface area contributed by atoms with Crippen molar-refractivity contribution in [2.45, 2.75) is 43.3 Å². The van der Waals surface area contributed by atoms with E-state index in [1.54, 1.807) is 11.8 Å². The molecule has 1 aliphatic rings. The van der Waals surface area contributed by atoms with Crippen molar-refractivity contribution in [2.24, 2.45) is 0 Å². The van der Waals surface area contributed by atoms with Gasteiger partial charge in [-0.25, -0.2) is 0 Å². The molecule has 5 nitrogen and oxygen atoms in total. The summed E-state index contributed by atoms with van der Waals surface area (Å²) in [5, 5.41) is 4.15. The van der Waals surface area contributed by atoms with Gasteiger partial charge in [0.05, 0.1) is 5.25 Å². The van der Waals surface area contributed by atoms with Gasteiger partial charge in [-0.15, -0.1) is 11.8 Å². The first kappa shape index (κ1) is 15.2. The Morgan fingerprint density at radius 1 is 1.14 bits per heavy atom. The van der Waals surface area contributed by atoms with Crippen molar-refractivity contribution < 1.29 is 14.0 Å². The lowest BCUT2D eigenvalue weighted by Crippen LogP contribution is -2.15. The zero-order valence-electron chi connectivity index (χ0n) is 13.3. The van der Waals surface area contributed by atoms with Gasteiger partial charge in [-0.2, -0.15) is 4.98 Å². The van der Waals surface area contributed by atoms with Crippen LogP contribution in [0.15, 0.2) is 27.6 Å². The summed E-state index contributed by atoms with van der Waals surface area (Å²) in [5.41, 5.74) is -0.108. The smallest absolute Gasteiger partial charge is 0.239 e. The van der Waals surface area contributed by atoms with E-state index in [4.69, 9.17) is 14.0 Å². The average molecular weight is 320 g/mol. The van der Waals surface area contributed by atoms with E-state index < -0.39 is 0 Å². The van der Waals surface area contributed by atoms with E-state index in [2.05, 4.69) is 37.8 Å². The molecule has 1 aromatic carbocycles. The molecule has 0 amide bonds. The lowest BCUT2D eigenvalue weighted by molar-refractivity contribution is 0.171. The molecule has 0 fully saturated rings. The Hall–Kier alpha value is -1.69. The highest BCUT2D eigenvalue weighted by Crippen LogP contribution is 2.39. The van der Waals surface area contributed by atoms with Gasteiger partial charge in [0, 0.05) is 10.3 Å².